The molecule has 0 amide bonds. The molecule has 0 saturated carbocycles. The van der Waals surface area contributed by atoms with Gasteiger partial charge in [0.25, 0.3) is 0 Å². The van der Waals surface area contributed by atoms with Crippen LogP contribution >= 0.6 is 0 Å². The van der Waals surface area contributed by atoms with E-state index in [4.69, 9.17) is 5.73 Å². The fraction of sp³-hybridized carbons (Fsp3) is 0.444. The predicted octanol–water partition coefficient (Wildman–Crippen LogP) is 0.607. The summed E-state index contributed by atoms with van der Waals surface area (Å²) in [6.45, 7) is 5.05. The molecule has 0 fully saturated rings. The number of rotatable bonds is 3. The Morgan fingerprint density at radius 3 is 2.83 bits per heavy atom. The van der Waals surface area contributed by atoms with Crippen molar-refractivity contribution < 1.29 is 0 Å². The molecule has 1 unspecified atom stereocenters. The predicted molar refractivity (Wildman–Crippen MR) is 55.2 cm³/mol. The van der Waals surface area contributed by atoms with Crippen molar-refractivity contribution in [3.8, 4) is 0 Å². The maximum Gasteiger partial charge on any atom is 0.0417 e. The Bertz CT molecular complexity index is 246. The molecule has 1 aromatic heterocycles. The number of nitrogens with two attached hydrogens (primary N) is 1. The summed E-state index contributed by atoms with van der Waals surface area (Å²) in [5, 5.41) is 0. The van der Waals surface area contributed by atoms with Crippen LogP contribution in [0.25, 0.3) is 0 Å². The van der Waals surface area contributed by atoms with Crippen LogP contribution in [0.4, 0.5) is 0 Å². The molecule has 0 aliphatic rings. The molecule has 0 aliphatic heterocycles. The molecular weight excluding hydrogens is 164 g/mol. The van der Waals surface area contributed by atoms with Crippen LogP contribution in [0.1, 0.15) is 16.9 Å². The highest BCUT2D eigenvalue weighted by Gasteiger charge is 2.07. The second kappa shape index (κ2) is 4.38. The van der Waals surface area contributed by atoms with Crippen LogP contribution < -0.4 is 5.73 Å². The Balaban J connectivity index is 2.85. The molecule has 12 heavy (non-hydrogen) atoms. The lowest BCUT2D eigenvalue weighted by atomic mass is 10.2. The molecule has 1 heterocycles. The fourth-order valence-electron chi connectivity index (χ4n) is 1.29. The lowest BCUT2D eigenvalue weighted by Gasteiger charge is -2.10. The van der Waals surface area contributed by atoms with Gasteiger partial charge in [-0.2, -0.15) is 0 Å². The van der Waals surface area contributed by atoms with E-state index in [1.54, 1.807) is 0 Å². The van der Waals surface area contributed by atoms with Gasteiger partial charge in [-0.15, -0.1) is 0 Å². The largest absolute Gasteiger partial charge is 0.330 e. The van der Waals surface area contributed by atoms with E-state index in [9.17, 15) is 0 Å². The molecule has 1 atom stereocenters. The van der Waals surface area contributed by atoms with E-state index in [-0.39, 0.29) is 9.52 Å². The summed E-state index contributed by atoms with van der Waals surface area (Å²) in [7, 11) is -0.0738. The zero-order valence-corrected chi connectivity index (χ0v) is 9.16. The van der Waals surface area contributed by atoms with Gasteiger partial charge in [0, 0.05) is 26.4 Å². The Kier molecular flexibility index (Phi) is 3.43. The lowest BCUT2D eigenvalue weighted by molar-refractivity contribution is 0.869. The first-order valence-corrected chi connectivity index (χ1v) is 6.64. The molecular formula is C9H16N2Si. The van der Waals surface area contributed by atoms with E-state index in [1.165, 1.54) is 5.69 Å². The van der Waals surface area contributed by atoms with Gasteiger partial charge < -0.3 is 5.73 Å². The Labute approximate surface area is 76.0 Å². The summed E-state index contributed by atoms with van der Waals surface area (Å²) in [5.41, 5.74) is 8.50. The minimum atomic E-state index is -0.0738. The van der Waals surface area contributed by atoms with Crippen LogP contribution in [0.2, 0.25) is 6.55 Å². The molecule has 3 heteroatoms. The van der Waals surface area contributed by atoms with Gasteiger partial charge in [0.1, 0.15) is 0 Å². The van der Waals surface area contributed by atoms with Gasteiger partial charge >= 0.3 is 0 Å². The lowest BCUT2D eigenvalue weighted by Crippen LogP contribution is -2.18. The van der Waals surface area contributed by atoms with Gasteiger partial charge in [0.05, 0.1) is 0 Å². The Morgan fingerprint density at radius 1 is 1.58 bits per heavy atom. The van der Waals surface area contributed by atoms with Crippen LogP contribution in [-0.4, -0.2) is 21.0 Å². The van der Waals surface area contributed by atoms with Crippen molar-refractivity contribution in [1.82, 2.24) is 4.98 Å². The van der Waals surface area contributed by atoms with Gasteiger partial charge in [-0.1, -0.05) is 12.6 Å². The standard InChI is InChI=1S/C9H16N2Si/c1-7-4-3-5-8(11-7)9(6-10)12-2/h3-5,9H,6,10,12H2,1-2H3. The topological polar surface area (TPSA) is 38.9 Å². The second-order valence-corrected chi connectivity index (χ2v) is 4.85. The van der Waals surface area contributed by atoms with Crippen molar-refractivity contribution in [2.45, 2.75) is 19.0 Å². The average molecular weight is 180 g/mol. The van der Waals surface area contributed by atoms with Crippen molar-refractivity contribution >= 4 is 9.52 Å². The molecule has 0 spiro atoms. The summed E-state index contributed by atoms with van der Waals surface area (Å²) in [4.78, 5) is 4.47. The van der Waals surface area contributed by atoms with E-state index in [0.717, 1.165) is 12.2 Å². The number of hydrogen-bond acceptors (Lipinski definition) is 2. The molecule has 2 nitrogen and oxygen atoms in total. The summed E-state index contributed by atoms with van der Waals surface area (Å²) in [6.07, 6.45) is 0. The summed E-state index contributed by atoms with van der Waals surface area (Å²) in [5.74, 6) is 0. The van der Waals surface area contributed by atoms with Crippen LogP contribution in [-0.2, 0) is 0 Å². The van der Waals surface area contributed by atoms with Crippen molar-refractivity contribution in [3.05, 3.63) is 29.6 Å². The van der Waals surface area contributed by atoms with Crippen LogP contribution in [0.3, 0.4) is 0 Å². The first kappa shape index (κ1) is 9.42. The molecule has 0 aromatic carbocycles. The number of nitrogens with zero attached hydrogens (tertiary/aromatic N) is 1. The number of aryl methyl sites for hydroxylation is 1. The molecule has 66 valence electrons. The second-order valence-electron chi connectivity index (χ2n) is 3.04. The highest BCUT2D eigenvalue weighted by atomic mass is 28.2. The van der Waals surface area contributed by atoms with Crippen LogP contribution in [0, 0.1) is 6.92 Å². The highest BCUT2D eigenvalue weighted by molar-refractivity contribution is 6.35. The normalized spacial score (nSPS) is 13.9. The molecule has 0 radical (unpaired) electrons. The van der Waals surface area contributed by atoms with E-state index >= 15 is 0 Å². The van der Waals surface area contributed by atoms with Gasteiger partial charge in [-0.25, -0.2) is 0 Å². The van der Waals surface area contributed by atoms with Crippen molar-refractivity contribution in [1.29, 1.82) is 0 Å². The first-order valence-electron chi connectivity index (χ1n) is 4.41. The van der Waals surface area contributed by atoms with E-state index < -0.39 is 0 Å². The zero-order valence-electron chi connectivity index (χ0n) is 7.75. The third kappa shape index (κ3) is 2.15. The third-order valence-electron chi connectivity index (χ3n) is 2.11. The van der Waals surface area contributed by atoms with Crippen molar-refractivity contribution in [3.63, 3.8) is 0 Å². The Morgan fingerprint density at radius 2 is 2.33 bits per heavy atom. The van der Waals surface area contributed by atoms with Gasteiger partial charge in [0.2, 0.25) is 0 Å². The SMILES string of the molecule is C[SiH2]C(CN)c1cccc(C)n1. The van der Waals surface area contributed by atoms with E-state index in [2.05, 4.69) is 23.7 Å². The smallest absolute Gasteiger partial charge is 0.0417 e. The Hall–Kier alpha value is -0.673. The van der Waals surface area contributed by atoms with Crippen LogP contribution in [0.5, 0.6) is 0 Å². The minimum Gasteiger partial charge on any atom is -0.330 e. The quantitative estimate of drug-likeness (QED) is 0.692. The maximum atomic E-state index is 5.66. The number of aromatic nitrogens is 1. The molecule has 0 bridgehead atoms. The van der Waals surface area contributed by atoms with E-state index in [0.29, 0.717) is 5.54 Å². The van der Waals surface area contributed by atoms with Gasteiger partial charge in [0.15, 0.2) is 0 Å². The van der Waals surface area contributed by atoms with Crippen molar-refractivity contribution in [2.75, 3.05) is 6.54 Å². The maximum absolute atomic E-state index is 5.66. The molecule has 0 aliphatic carbocycles. The highest BCUT2D eigenvalue weighted by Crippen LogP contribution is 2.10. The first-order chi connectivity index (χ1) is 5.77. The molecule has 1 aromatic rings. The molecule has 0 saturated heterocycles. The summed E-state index contributed by atoms with van der Waals surface area (Å²) >= 11 is 0. The van der Waals surface area contributed by atoms with Crippen molar-refractivity contribution in [2.24, 2.45) is 5.73 Å². The average Bonchev–Trinajstić information content (AvgIpc) is 2.07. The van der Waals surface area contributed by atoms with Crippen LogP contribution in [0.15, 0.2) is 18.2 Å². The van der Waals surface area contributed by atoms with Gasteiger partial charge in [-0.3, -0.25) is 4.98 Å². The zero-order chi connectivity index (χ0) is 8.97. The summed E-state index contributed by atoms with van der Waals surface area (Å²) < 4.78 is 0. The minimum absolute atomic E-state index is 0.0738. The molecule has 1 rings (SSSR count). The number of hydrogen-bond donors (Lipinski definition) is 1. The third-order valence-corrected chi connectivity index (χ3v) is 3.84. The monoisotopic (exact) mass is 180 g/mol. The molecule has 2 N–H and O–H groups in total. The van der Waals surface area contributed by atoms with E-state index in [1.807, 2.05) is 13.0 Å². The van der Waals surface area contributed by atoms with Gasteiger partial charge in [-0.05, 0) is 25.6 Å². The number of pyridine rings is 1. The fourth-order valence-corrected chi connectivity index (χ4v) is 2.27. The summed E-state index contributed by atoms with van der Waals surface area (Å²) in [6, 6.07) is 6.17.